The van der Waals surface area contributed by atoms with Crippen molar-refractivity contribution in [1.82, 2.24) is 9.80 Å². The van der Waals surface area contributed by atoms with Crippen molar-refractivity contribution in [2.75, 3.05) is 26.2 Å². The highest BCUT2D eigenvalue weighted by molar-refractivity contribution is 5.97. The summed E-state index contributed by atoms with van der Waals surface area (Å²) in [6, 6.07) is 13.9. The number of carboxylic acids is 1. The molecule has 0 spiro atoms. The van der Waals surface area contributed by atoms with Crippen LogP contribution in [0.5, 0.6) is 0 Å². The first-order valence-corrected chi connectivity index (χ1v) is 8.90. The lowest BCUT2D eigenvalue weighted by Crippen LogP contribution is -2.51. The fourth-order valence-electron chi connectivity index (χ4n) is 3.12. The van der Waals surface area contributed by atoms with Crippen molar-refractivity contribution in [3.8, 4) is 0 Å². The Labute approximate surface area is 158 Å². The molecule has 0 aromatic heterocycles. The Hall–Kier alpha value is -3.15. The van der Waals surface area contributed by atoms with E-state index in [0.29, 0.717) is 38.2 Å². The standard InChI is InChI=1S/C21H22N2O4/c1-15-5-7-16(8-6-15)13-19(24)22-9-11-23(12-10-22)20(25)17-3-2-4-18(14-17)21(26)27/h2-8,14H,9-13H2,1H3,(H,26,27). The molecule has 1 fully saturated rings. The van der Waals surface area contributed by atoms with Crippen LogP contribution in [0.25, 0.3) is 0 Å². The van der Waals surface area contributed by atoms with Crippen LogP contribution in [0.4, 0.5) is 0 Å². The third-order valence-electron chi connectivity index (χ3n) is 4.75. The molecule has 0 saturated carbocycles. The average molecular weight is 366 g/mol. The van der Waals surface area contributed by atoms with Crippen molar-refractivity contribution in [3.05, 3.63) is 70.8 Å². The number of nitrogens with zero attached hydrogens (tertiary/aromatic N) is 2. The zero-order valence-corrected chi connectivity index (χ0v) is 15.2. The maximum absolute atomic E-state index is 12.6. The Morgan fingerprint density at radius 1 is 0.889 bits per heavy atom. The summed E-state index contributed by atoms with van der Waals surface area (Å²) in [5.41, 5.74) is 2.59. The van der Waals surface area contributed by atoms with E-state index in [2.05, 4.69) is 0 Å². The summed E-state index contributed by atoms with van der Waals surface area (Å²) in [6.45, 7) is 3.85. The van der Waals surface area contributed by atoms with Crippen LogP contribution in [0.15, 0.2) is 48.5 Å². The van der Waals surface area contributed by atoms with Gasteiger partial charge in [0.2, 0.25) is 5.91 Å². The number of aryl methyl sites for hydroxylation is 1. The van der Waals surface area contributed by atoms with Crippen LogP contribution in [-0.4, -0.2) is 58.9 Å². The molecule has 6 heteroatoms. The van der Waals surface area contributed by atoms with E-state index in [1.165, 1.54) is 12.1 Å². The number of aromatic carboxylic acids is 1. The van der Waals surface area contributed by atoms with E-state index in [1.54, 1.807) is 21.9 Å². The smallest absolute Gasteiger partial charge is 0.335 e. The van der Waals surface area contributed by atoms with Gasteiger partial charge in [0.25, 0.3) is 5.91 Å². The highest BCUT2D eigenvalue weighted by atomic mass is 16.4. The van der Waals surface area contributed by atoms with Crippen molar-refractivity contribution in [1.29, 1.82) is 0 Å². The number of benzene rings is 2. The zero-order valence-electron chi connectivity index (χ0n) is 15.2. The summed E-state index contributed by atoms with van der Waals surface area (Å²) in [5, 5.41) is 9.06. The molecule has 2 amide bonds. The number of hydrogen-bond acceptors (Lipinski definition) is 3. The van der Waals surface area contributed by atoms with Crippen molar-refractivity contribution < 1.29 is 19.5 Å². The predicted octanol–water partition coefficient (Wildman–Crippen LogP) is 2.22. The third-order valence-corrected chi connectivity index (χ3v) is 4.75. The van der Waals surface area contributed by atoms with E-state index < -0.39 is 5.97 Å². The molecule has 0 radical (unpaired) electrons. The lowest BCUT2D eigenvalue weighted by Gasteiger charge is -2.35. The summed E-state index contributed by atoms with van der Waals surface area (Å²) in [5.74, 6) is -1.21. The van der Waals surface area contributed by atoms with Crippen LogP contribution in [0.2, 0.25) is 0 Å². The number of rotatable bonds is 4. The van der Waals surface area contributed by atoms with Crippen LogP contribution in [0.3, 0.4) is 0 Å². The lowest BCUT2D eigenvalue weighted by atomic mass is 10.1. The van der Waals surface area contributed by atoms with Crippen LogP contribution < -0.4 is 0 Å². The topological polar surface area (TPSA) is 77.9 Å². The molecule has 140 valence electrons. The van der Waals surface area contributed by atoms with Gasteiger partial charge in [-0.2, -0.15) is 0 Å². The Balaban J connectivity index is 1.57. The molecule has 1 N–H and O–H groups in total. The molecule has 2 aromatic rings. The van der Waals surface area contributed by atoms with Gasteiger partial charge in [-0.05, 0) is 30.7 Å². The highest BCUT2D eigenvalue weighted by Crippen LogP contribution is 2.13. The molecule has 1 heterocycles. The van der Waals surface area contributed by atoms with Crippen molar-refractivity contribution in [2.45, 2.75) is 13.3 Å². The first kappa shape index (κ1) is 18.6. The fourth-order valence-corrected chi connectivity index (χ4v) is 3.12. The maximum Gasteiger partial charge on any atom is 0.335 e. The molecular formula is C21H22N2O4. The molecule has 0 unspecified atom stereocenters. The van der Waals surface area contributed by atoms with Crippen molar-refractivity contribution >= 4 is 17.8 Å². The Bertz CT molecular complexity index is 853. The zero-order chi connectivity index (χ0) is 19.4. The van der Waals surface area contributed by atoms with Gasteiger partial charge in [-0.1, -0.05) is 35.9 Å². The van der Waals surface area contributed by atoms with Gasteiger partial charge in [0, 0.05) is 31.7 Å². The summed E-state index contributed by atoms with van der Waals surface area (Å²) in [6.07, 6.45) is 0.356. The summed E-state index contributed by atoms with van der Waals surface area (Å²) >= 11 is 0. The maximum atomic E-state index is 12.6. The number of amides is 2. The van der Waals surface area contributed by atoms with Gasteiger partial charge in [-0.3, -0.25) is 9.59 Å². The first-order valence-electron chi connectivity index (χ1n) is 8.90. The molecule has 0 bridgehead atoms. The van der Waals surface area contributed by atoms with E-state index in [9.17, 15) is 14.4 Å². The van der Waals surface area contributed by atoms with Crippen LogP contribution in [0.1, 0.15) is 31.8 Å². The van der Waals surface area contributed by atoms with Gasteiger partial charge in [0.05, 0.1) is 12.0 Å². The van der Waals surface area contributed by atoms with Gasteiger partial charge >= 0.3 is 5.97 Å². The van der Waals surface area contributed by atoms with Crippen molar-refractivity contribution in [2.24, 2.45) is 0 Å². The second-order valence-corrected chi connectivity index (χ2v) is 6.72. The molecule has 27 heavy (non-hydrogen) atoms. The molecule has 6 nitrogen and oxygen atoms in total. The highest BCUT2D eigenvalue weighted by Gasteiger charge is 2.25. The largest absolute Gasteiger partial charge is 0.478 e. The molecule has 0 aliphatic carbocycles. The van der Waals surface area contributed by atoms with Gasteiger partial charge in [-0.15, -0.1) is 0 Å². The fraction of sp³-hybridized carbons (Fsp3) is 0.286. The summed E-state index contributed by atoms with van der Waals surface area (Å²) < 4.78 is 0. The minimum atomic E-state index is -1.06. The second-order valence-electron chi connectivity index (χ2n) is 6.72. The van der Waals surface area contributed by atoms with E-state index >= 15 is 0 Å². The monoisotopic (exact) mass is 366 g/mol. The van der Waals surface area contributed by atoms with Gasteiger partial charge in [0.1, 0.15) is 0 Å². The van der Waals surface area contributed by atoms with Crippen LogP contribution in [0, 0.1) is 6.92 Å². The van der Waals surface area contributed by atoms with E-state index in [4.69, 9.17) is 5.11 Å². The first-order chi connectivity index (χ1) is 12.9. The minimum Gasteiger partial charge on any atom is -0.478 e. The van der Waals surface area contributed by atoms with Crippen LogP contribution >= 0.6 is 0 Å². The second kappa shape index (κ2) is 8.03. The third kappa shape index (κ3) is 4.53. The van der Waals surface area contributed by atoms with E-state index in [-0.39, 0.29) is 17.4 Å². The van der Waals surface area contributed by atoms with Crippen molar-refractivity contribution in [3.63, 3.8) is 0 Å². The lowest BCUT2D eigenvalue weighted by molar-refractivity contribution is -0.131. The quantitative estimate of drug-likeness (QED) is 0.900. The Kier molecular flexibility index (Phi) is 5.54. The Morgan fingerprint density at radius 2 is 1.48 bits per heavy atom. The van der Waals surface area contributed by atoms with Gasteiger partial charge in [-0.25, -0.2) is 4.79 Å². The molecule has 2 aromatic carbocycles. The molecule has 0 atom stereocenters. The molecule has 1 aliphatic rings. The molecule has 1 aliphatic heterocycles. The van der Waals surface area contributed by atoms with Crippen LogP contribution in [-0.2, 0) is 11.2 Å². The SMILES string of the molecule is Cc1ccc(CC(=O)N2CCN(C(=O)c3cccc(C(=O)O)c3)CC2)cc1. The number of carbonyl (C=O) groups is 3. The number of carboxylic acid groups (broad SMARTS) is 1. The van der Waals surface area contributed by atoms with Gasteiger partial charge in [0.15, 0.2) is 0 Å². The summed E-state index contributed by atoms with van der Waals surface area (Å²) in [4.78, 5) is 39.6. The molecular weight excluding hydrogens is 344 g/mol. The molecule has 1 saturated heterocycles. The summed E-state index contributed by atoms with van der Waals surface area (Å²) in [7, 11) is 0. The number of hydrogen-bond donors (Lipinski definition) is 1. The number of piperazine rings is 1. The van der Waals surface area contributed by atoms with Gasteiger partial charge < -0.3 is 14.9 Å². The molecule has 3 rings (SSSR count). The minimum absolute atomic E-state index is 0.0545. The van der Waals surface area contributed by atoms with E-state index in [0.717, 1.165) is 11.1 Å². The average Bonchev–Trinajstić information content (AvgIpc) is 2.69. The predicted molar refractivity (Wildman–Crippen MR) is 101 cm³/mol. The Morgan fingerprint density at radius 3 is 2.11 bits per heavy atom. The van der Waals surface area contributed by atoms with E-state index in [1.807, 2.05) is 31.2 Å². The normalized spacial score (nSPS) is 14.1. The number of carbonyl (C=O) groups excluding carboxylic acids is 2.